The van der Waals surface area contributed by atoms with E-state index in [2.05, 4.69) is 31.6 Å². The first-order chi connectivity index (χ1) is 20.9. The van der Waals surface area contributed by atoms with Crippen LogP contribution in [-0.2, 0) is 28.8 Å². The van der Waals surface area contributed by atoms with E-state index in [1.165, 1.54) is 0 Å². The van der Waals surface area contributed by atoms with Crippen molar-refractivity contribution < 1.29 is 39.0 Å². The van der Waals surface area contributed by atoms with Crippen molar-refractivity contribution in [3.8, 4) is 0 Å². The number of nitrogens with zero attached hydrogens (tertiary/aromatic N) is 1. The minimum Gasteiger partial charge on any atom is -0.480 e. The van der Waals surface area contributed by atoms with E-state index >= 15 is 0 Å². The molecule has 0 aliphatic carbocycles. The van der Waals surface area contributed by atoms with Gasteiger partial charge in [0.25, 0.3) is 0 Å². The Balaban J connectivity index is 5.56. The summed E-state index contributed by atoms with van der Waals surface area (Å²) in [7, 11) is 0. The third kappa shape index (κ3) is 17.2. The van der Waals surface area contributed by atoms with Crippen LogP contribution >= 0.6 is 0 Å². The summed E-state index contributed by atoms with van der Waals surface area (Å²) < 4.78 is 0. The molecule has 0 aliphatic heterocycles. The lowest BCUT2D eigenvalue weighted by atomic mass is 9.98. The van der Waals surface area contributed by atoms with Crippen molar-refractivity contribution in [2.75, 3.05) is 19.7 Å². The van der Waals surface area contributed by atoms with Crippen LogP contribution in [0, 0.1) is 17.8 Å². The van der Waals surface area contributed by atoms with Crippen LogP contribution in [0.2, 0.25) is 0 Å². The summed E-state index contributed by atoms with van der Waals surface area (Å²) in [4.78, 5) is 79.3. The molecular formula is C28H53N9O8. The van der Waals surface area contributed by atoms with E-state index < -0.39 is 84.8 Å². The van der Waals surface area contributed by atoms with E-state index in [0.717, 1.165) is 0 Å². The number of nitrogens with two attached hydrogens (primary N) is 3. The molecule has 0 aromatic carbocycles. The highest BCUT2D eigenvalue weighted by Gasteiger charge is 2.32. The number of aliphatic hydroxyl groups is 1. The number of guanidine groups is 1. The fourth-order valence-corrected chi connectivity index (χ4v) is 4.11. The molecular weight excluding hydrogens is 590 g/mol. The topological polar surface area (TPSA) is 293 Å². The quantitative estimate of drug-likeness (QED) is 0.0347. The Bertz CT molecular complexity index is 1030. The maximum absolute atomic E-state index is 13.4. The largest absolute Gasteiger partial charge is 0.480 e. The Labute approximate surface area is 264 Å². The van der Waals surface area contributed by atoms with Gasteiger partial charge in [-0.2, -0.15) is 0 Å². The van der Waals surface area contributed by atoms with Crippen LogP contribution in [-0.4, -0.2) is 102 Å². The first-order valence-corrected chi connectivity index (χ1v) is 15.0. The van der Waals surface area contributed by atoms with Gasteiger partial charge >= 0.3 is 5.97 Å². The molecule has 45 heavy (non-hydrogen) atoms. The third-order valence-electron chi connectivity index (χ3n) is 6.47. The molecule has 0 aromatic heterocycles. The van der Waals surface area contributed by atoms with Crippen molar-refractivity contribution in [3.63, 3.8) is 0 Å². The molecule has 0 unspecified atom stereocenters. The number of carboxylic acid groups (broad SMARTS) is 1. The van der Waals surface area contributed by atoms with Gasteiger partial charge in [0.2, 0.25) is 29.5 Å². The Morgan fingerprint density at radius 1 is 0.733 bits per heavy atom. The number of aliphatic imine (C=N–C) groups is 1. The number of carbonyl (C=O) groups excluding carboxylic acids is 5. The van der Waals surface area contributed by atoms with Gasteiger partial charge in [0.1, 0.15) is 24.2 Å². The predicted molar refractivity (Wildman–Crippen MR) is 167 cm³/mol. The van der Waals surface area contributed by atoms with Gasteiger partial charge in [0.15, 0.2) is 5.96 Å². The fourth-order valence-electron chi connectivity index (χ4n) is 4.11. The average molecular weight is 644 g/mol. The molecule has 5 amide bonds. The second-order valence-electron chi connectivity index (χ2n) is 12.0. The number of hydrogen-bond donors (Lipinski definition) is 10. The third-order valence-corrected chi connectivity index (χ3v) is 6.47. The Morgan fingerprint density at radius 3 is 1.73 bits per heavy atom. The normalized spacial score (nSPS) is 14.5. The molecule has 258 valence electrons. The van der Waals surface area contributed by atoms with E-state index in [9.17, 15) is 28.8 Å². The minimum absolute atomic E-state index is 0.00458. The lowest BCUT2D eigenvalue weighted by molar-refractivity contribution is -0.142. The number of rotatable bonds is 21. The summed E-state index contributed by atoms with van der Waals surface area (Å²) in [5.41, 5.74) is 16.6. The van der Waals surface area contributed by atoms with Gasteiger partial charge in [0, 0.05) is 6.54 Å². The van der Waals surface area contributed by atoms with Gasteiger partial charge in [-0.1, -0.05) is 41.5 Å². The van der Waals surface area contributed by atoms with Crippen molar-refractivity contribution >= 4 is 41.5 Å². The number of hydrogen-bond acceptors (Lipinski definition) is 9. The molecule has 0 rings (SSSR count). The number of carboxylic acids is 1. The van der Waals surface area contributed by atoms with E-state index in [1.54, 1.807) is 13.8 Å². The predicted octanol–water partition coefficient (Wildman–Crippen LogP) is -2.75. The van der Waals surface area contributed by atoms with Crippen LogP contribution in [0.5, 0.6) is 0 Å². The van der Waals surface area contributed by atoms with E-state index in [-0.39, 0.29) is 37.1 Å². The second-order valence-corrected chi connectivity index (χ2v) is 12.0. The SMILES string of the molecule is CC(C)C[C@H](NC(=O)[C@@H](NC(=O)[C@H](CC(C)C)NC(=O)[C@@H](N)CCCN=C(N)N)C(C)C)C(=O)NCC(=O)N[C@@H](CO)C(=O)O. The molecule has 17 heteroatoms. The number of aliphatic carboxylic acids is 1. The second kappa shape index (κ2) is 20.9. The van der Waals surface area contributed by atoms with Crippen LogP contribution in [0.15, 0.2) is 4.99 Å². The van der Waals surface area contributed by atoms with Gasteiger partial charge < -0.3 is 54.0 Å². The summed E-state index contributed by atoms with van der Waals surface area (Å²) in [6.07, 6.45) is 1.19. The highest BCUT2D eigenvalue weighted by Crippen LogP contribution is 2.11. The van der Waals surface area contributed by atoms with Gasteiger partial charge in [0.05, 0.1) is 19.2 Å². The molecule has 0 aromatic rings. The first kappa shape index (κ1) is 41.0. The highest BCUT2D eigenvalue weighted by atomic mass is 16.4. The van der Waals surface area contributed by atoms with Crippen LogP contribution in [0.3, 0.4) is 0 Å². The van der Waals surface area contributed by atoms with E-state index in [0.29, 0.717) is 13.0 Å². The zero-order valence-electron chi connectivity index (χ0n) is 27.1. The van der Waals surface area contributed by atoms with Crippen molar-refractivity contribution in [2.24, 2.45) is 39.9 Å². The van der Waals surface area contributed by atoms with E-state index in [4.69, 9.17) is 27.4 Å². The summed E-state index contributed by atoms with van der Waals surface area (Å²) in [5, 5.41) is 30.5. The number of carbonyl (C=O) groups is 6. The first-order valence-electron chi connectivity index (χ1n) is 15.0. The standard InChI is InChI=1S/C28H53N9O8/c1-14(2)10-18(24(41)33-12-21(39)34-20(13-38)27(44)45)36-26(43)22(16(5)6)37-25(42)19(11-15(3)4)35-23(40)17(29)8-7-9-32-28(30)31/h14-20,22,38H,7-13,29H2,1-6H3,(H,33,41)(H,34,39)(H,35,40)(H,36,43)(H,37,42)(H,44,45)(H4,30,31,32)/t17-,18-,19-,20-,22-/m0/s1. The van der Waals surface area contributed by atoms with Crippen LogP contribution in [0.4, 0.5) is 0 Å². The summed E-state index contributed by atoms with van der Waals surface area (Å²) in [5.74, 6) is -5.32. The molecule has 0 bridgehead atoms. The maximum Gasteiger partial charge on any atom is 0.328 e. The molecule has 0 saturated heterocycles. The molecule has 0 spiro atoms. The average Bonchev–Trinajstić information content (AvgIpc) is 2.93. The van der Waals surface area contributed by atoms with Crippen molar-refractivity contribution in [1.82, 2.24) is 26.6 Å². The number of aliphatic hydroxyl groups excluding tert-OH is 1. The molecule has 17 nitrogen and oxygen atoms in total. The molecule has 0 saturated carbocycles. The van der Waals surface area contributed by atoms with Crippen LogP contribution in [0.25, 0.3) is 0 Å². The Hall–Kier alpha value is -3.99. The maximum atomic E-state index is 13.4. The van der Waals surface area contributed by atoms with Crippen molar-refractivity contribution in [3.05, 3.63) is 0 Å². The molecule has 0 heterocycles. The number of amides is 5. The van der Waals surface area contributed by atoms with E-state index in [1.807, 2.05) is 27.7 Å². The number of nitrogens with one attached hydrogen (secondary N) is 5. The van der Waals surface area contributed by atoms with Gasteiger partial charge in [-0.15, -0.1) is 0 Å². The zero-order chi connectivity index (χ0) is 34.9. The minimum atomic E-state index is -1.54. The van der Waals surface area contributed by atoms with Crippen LogP contribution < -0.4 is 43.8 Å². The Kier molecular flexibility index (Phi) is 19.0. The van der Waals surface area contributed by atoms with Gasteiger partial charge in [-0.3, -0.25) is 29.0 Å². The lowest BCUT2D eigenvalue weighted by Crippen LogP contribution is -2.59. The smallest absolute Gasteiger partial charge is 0.328 e. The van der Waals surface area contributed by atoms with Gasteiger partial charge in [-0.05, 0) is 43.4 Å². The molecule has 0 radical (unpaired) electrons. The molecule has 0 aliphatic rings. The van der Waals surface area contributed by atoms with Crippen molar-refractivity contribution in [2.45, 2.75) is 97.4 Å². The highest BCUT2D eigenvalue weighted by molar-refractivity contribution is 5.95. The summed E-state index contributed by atoms with van der Waals surface area (Å²) in [6.45, 7) is 9.66. The lowest BCUT2D eigenvalue weighted by Gasteiger charge is -2.28. The zero-order valence-corrected chi connectivity index (χ0v) is 27.1. The fraction of sp³-hybridized carbons (Fsp3) is 0.750. The van der Waals surface area contributed by atoms with Crippen LogP contribution in [0.1, 0.15) is 67.2 Å². The van der Waals surface area contributed by atoms with Gasteiger partial charge in [-0.25, -0.2) is 4.79 Å². The molecule has 13 N–H and O–H groups in total. The summed E-state index contributed by atoms with van der Waals surface area (Å²) >= 11 is 0. The molecule has 0 fully saturated rings. The van der Waals surface area contributed by atoms with Crippen molar-refractivity contribution in [1.29, 1.82) is 0 Å². The molecule has 5 atom stereocenters. The Morgan fingerprint density at radius 2 is 1.27 bits per heavy atom. The monoisotopic (exact) mass is 643 g/mol. The summed E-state index contributed by atoms with van der Waals surface area (Å²) in [6, 6.07) is -5.60.